The minimum atomic E-state index is -0.514. The number of hydrogen-bond donors (Lipinski definition) is 2. The molecule has 134 valence electrons. The number of hydrazine groups is 1. The van der Waals surface area contributed by atoms with Crippen LogP contribution in [-0.4, -0.2) is 28.7 Å². The highest BCUT2D eigenvalue weighted by Gasteiger charge is 2.14. The van der Waals surface area contributed by atoms with Crippen molar-refractivity contribution in [3.05, 3.63) is 62.5 Å². The van der Waals surface area contributed by atoms with E-state index in [1.165, 1.54) is 11.3 Å². The molecule has 0 saturated heterocycles. The average Bonchev–Trinajstić information content (AvgIpc) is 3.28. The van der Waals surface area contributed by atoms with Gasteiger partial charge in [-0.05, 0) is 58.7 Å². The van der Waals surface area contributed by atoms with Crippen LogP contribution < -0.4 is 15.6 Å². The Morgan fingerprint density at radius 1 is 1.15 bits per heavy atom. The maximum absolute atomic E-state index is 12.2. The minimum absolute atomic E-state index is 0.168. The van der Waals surface area contributed by atoms with Crippen molar-refractivity contribution in [2.24, 2.45) is 0 Å². The summed E-state index contributed by atoms with van der Waals surface area (Å²) >= 11 is 4.56. The molecule has 0 spiro atoms. The molecule has 0 aliphatic rings. The van der Waals surface area contributed by atoms with Crippen LogP contribution in [0, 0.1) is 6.92 Å². The van der Waals surface area contributed by atoms with E-state index in [0.717, 1.165) is 15.0 Å². The van der Waals surface area contributed by atoms with Crippen molar-refractivity contribution in [3.63, 3.8) is 0 Å². The Labute approximate surface area is 162 Å². The second-order valence-electron chi connectivity index (χ2n) is 5.33. The van der Waals surface area contributed by atoms with Crippen LogP contribution in [0.25, 0.3) is 5.69 Å². The second-order valence-corrected chi connectivity index (χ2v) is 7.80. The predicted molar refractivity (Wildman–Crippen MR) is 102 cm³/mol. The number of ether oxygens (including phenoxy) is 1. The third-order valence-electron chi connectivity index (χ3n) is 3.49. The number of carbonyl (C=O) groups is 2. The first-order valence-corrected chi connectivity index (χ1v) is 9.15. The van der Waals surface area contributed by atoms with Crippen LogP contribution in [0.3, 0.4) is 0 Å². The molecule has 0 bridgehead atoms. The summed E-state index contributed by atoms with van der Waals surface area (Å²) in [5.41, 5.74) is 6.65. The van der Waals surface area contributed by atoms with E-state index in [-0.39, 0.29) is 5.69 Å². The van der Waals surface area contributed by atoms with Gasteiger partial charge >= 0.3 is 0 Å². The van der Waals surface area contributed by atoms with E-state index < -0.39 is 11.8 Å². The number of rotatable bonds is 4. The van der Waals surface area contributed by atoms with Gasteiger partial charge in [0.1, 0.15) is 11.4 Å². The molecule has 2 N–H and O–H groups in total. The molecular weight excluding hydrogens is 420 g/mol. The highest BCUT2D eigenvalue weighted by atomic mass is 79.9. The van der Waals surface area contributed by atoms with Crippen LogP contribution in [0.1, 0.15) is 25.7 Å². The van der Waals surface area contributed by atoms with Gasteiger partial charge in [0.25, 0.3) is 11.8 Å². The van der Waals surface area contributed by atoms with E-state index in [1.807, 2.05) is 25.1 Å². The van der Waals surface area contributed by atoms with Gasteiger partial charge in [0, 0.05) is 6.20 Å². The average molecular weight is 435 g/mol. The van der Waals surface area contributed by atoms with Crippen molar-refractivity contribution in [1.29, 1.82) is 0 Å². The van der Waals surface area contributed by atoms with E-state index in [9.17, 15) is 9.59 Å². The van der Waals surface area contributed by atoms with Gasteiger partial charge in [-0.1, -0.05) is 6.07 Å². The number of benzene rings is 1. The van der Waals surface area contributed by atoms with Crippen molar-refractivity contribution >= 4 is 39.1 Å². The van der Waals surface area contributed by atoms with E-state index in [0.29, 0.717) is 10.6 Å². The molecule has 0 radical (unpaired) electrons. The molecule has 7 nitrogen and oxygen atoms in total. The van der Waals surface area contributed by atoms with Crippen molar-refractivity contribution in [1.82, 2.24) is 20.6 Å². The third-order valence-corrected chi connectivity index (χ3v) is 5.11. The Kier molecular flexibility index (Phi) is 5.38. The summed E-state index contributed by atoms with van der Waals surface area (Å²) in [6.07, 6.45) is 1.66. The predicted octanol–water partition coefficient (Wildman–Crippen LogP) is 3.09. The second kappa shape index (κ2) is 7.71. The molecule has 9 heteroatoms. The zero-order chi connectivity index (χ0) is 18.7. The van der Waals surface area contributed by atoms with E-state index in [4.69, 9.17) is 4.74 Å². The summed E-state index contributed by atoms with van der Waals surface area (Å²) in [7, 11) is 1.57. The number of methoxy groups -OCH3 is 1. The van der Waals surface area contributed by atoms with Gasteiger partial charge in [0.2, 0.25) is 0 Å². The van der Waals surface area contributed by atoms with Gasteiger partial charge < -0.3 is 4.74 Å². The zero-order valence-electron chi connectivity index (χ0n) is 13.9. The number of nitrogens with zero attached hydrogens (tertiary/aromatic N) is 2. The van der Waals surface area contributed by atoms with Crippen LogP contribution in [0.2, 0.25) is 0 Å². The molecule has 2 aromatic heterocycles. The molecule has 0 aliphatic carbocycles. The lowest BCUT2D eigenvalue weighted by molar-refractivity contribution is 0.0846. The molecule has 0 fully saturated rings. The summed E-state index contributed by atoms with van der Waals surface area (Å²) in [6.45, 7) is 1.96. The largest absolute Gasteiger partial charge is 0.494 e. The van der Waals surface area contributed by atoms with E-state index in [1.54, 1.807) is 36.2 Å². The number of amides is 2. The molecule has 0 aliphatic heterocycles. The lowest BCUT2D eigenvalue weighted by Crippen LogP contribution is -2.41. The molecule has 0 unspecified atom stereocenters. The van der Waals surface area contributed by atoms with Crippen molar-refractivity contribution in [2.45, 2.75) is 6.92 Å². The molecule has 3 rings (SSSR count). The van der Waals surface area contributed by atoms with Gasteiger partial charge in [-0.25, -0.2) is 4.68 Å². The Balaban J connectivity index is 1.70. The summed E-state index contributed by atoms with van der Waals surface area (Å²) in [5.74, 6) is -0.268. The van der Waals surface area contributed by atoms with Gasteiger partial charge in [-0.3, -0.25) is 20.4 Å². The summed E-state index contributed by atoms with van der Waals surface area (Å²) in [6, 6.07) is 10.7. The topological polar surface area (TPSA) is 85.2 Å². The van der Waals surface area contributed by atoms with Crippen molar-refractivity contribution in [2.75, 3.05) is 7.11 Å². The number of aromatic nitrogens is 2. The first-order chi connectivity index (χ1) is 12.5. The highest BCUT2D eigenvalue weighted by Crippen LogP contribution is 2.23. The standard InChI is InChI=1S/C17H15BrN4O3S/c1-10-3-4-13(25-2)12(9-10)22-8-7-11(21-22)16(23)19-20-17(24)14-5-6-15(18)26-14/h3-9H,1-2H3,(H,19,23)(H,20,24). The Bertz CT molecular complexity index is 967. The van der Waals surface area contributed by atoms with Crippen molar-refractivity contribution in [3.8, 4) is 11.4 Å². The summed E-state index contributed by atoms with van der Waals surface area (Å²) in [4.78, 5) is 24.7. The quantitative estimate of drug-likeness (QED) is 0.617. The van der Waals surface area contributed by atoms with Gasteiger partial charge in [-0.2, -0.15) is 5.10 Å². The van der Waals surface area contributed by atoms with E-state index in [2.05, 4.69) is 31.9 Å². The van der Waals surface area contributed by atoms with Crippen LogP contribution in [-0.2, 0) is 0 Å². The van der Waals surface area contributed by atoms with Gasteiger partial charge in [-0.15, -0.1) is 11.3 Å². The smallest absolute Gasteiger partial charge is 0.290 e. The minimum Gasteiger partial charge on any atom is -0.494 e. The molecule has 3 aromatic rings. The van der Waals surface area contributed by atoms with Crippen LogP contribution in [0.5, 0.6) is 5.75 Å². The maximum atomic E-state index is 12.2. The van der Waals surface area contributed by atoms with Gasteiger partial charge in [0.05, 0.1) is 15.8 Å². The molecule has 26 heavy (non-hydrogen) atoms. The fraction of sp³-hybridized carbons (Fsp3) is 0.118. The molecule has 0 saturated carbocycles. The summed E-state index contributed by atoms with van der Waals surface area (Å²) < 4.78 is 7.72. The van der Waals surface area contributed by atoms with Crippen LogP contribution in [0.15, 0.2) is 46.4 Å². The van der Waals surface area contributed by atoms with Crippen LogP contribution in [0.4, 0.5) is 0 Å². The number of nitrogens with one attached hydrogen (secondary N) is 2. The number of halogens is 1. The zero-order valence-corrected chi connectivity index (χ0v) is 16.3. The SMILES string of the molecule is COc1ccc(C)cc1-n1ccc(C(=O)NNC(=O)c2ccc(Br)s2)n1. The highest BCUT2D eigenvalue weighted by molar-refractivity contribution is 9.11. The maximum Gasteiger partial charge on any atom is 0.290 e. The Hall–Kier alpha value is -2.65. The summed E-state index contributed by atoms with van der Waals surface area (Å²) in [5, 5.41) is 4.25. The fourth-order valence-electron chi connectivity index (χ4n) is 2.23. The van der Waals surface area contributed by atoms with E-state index >= 15 is 0 Å². The first kappa shape index (κ1) is 18.2. The number of hydrogen-bond acceptors (Lipinski definition) is 5. The molecule has 2 amide bonds. The number of thiophene rings is 1. The third kappa shape index (κ3) is 3.94. The number of carbonyl (C=O) groups excluding carboxylic acids is 2. The lowest BCUT2D eigenvalue weighted by atomic mass is 10.2. The molecule has 1 aromatic carbocycles. The molecule has 2 heterocycles. The van der Waals surface area contributed by atoms with Crippen molar-refractivity contribution < 1.29 is 14.3 Å². The molecule has 0 atom stereocenters. The van der Waals surface area contributed by atoms with Crippen LogP contribution >= 0.6 is 27.3 Å². The molecular formula is C17H15BrN4O3S. The van der Waals surface area contributed by atoms with Gasteiger partial charge in [0.15, 0.2) is 5.69 Å². The Morgan fingerprint density at radius 3 is 2.62 bits per heavy atom. The monoisotopic (exact) mass is 434 g/mol. The fourth-order valence-corrected chi connectivity index (χ4v) is 3.52. The lowest BCUT2D eigenvalue weighted by Gasteiger charge is -2.09. The normalized spacial score (nSPS) is 10.4. The Morgan fingerprint density at radius 2 is 1.92 bits per heavy atom. The first-order valence-electron chi connectivity index (χ1n) is 7.54. The number of aryl methyl sites for hydroxylation is 1.